The van der Waals surface area contributed by atoms with Gasteiger partial charge in [-0.3, -0.25) is 9.69 Å². The lowest BCUT2D eigenvalue weighted by atomic mass is 9.99. The topological polar surface area (TPSA) is 54.7 Å². The van der Waals surface area contributed by atoms with E-state index in [0.717, 1.165) is 24.3 Å². The number of ether oxygens (including phenoxy) is 1. The Balaban J connectivity index is 1.59. The molecule has 25 heavy (non-hydrogen) atoms. The lowest BCUT2D eigenvalue weighted by Gasteiger charge is -2.29. The lowest BCUT2D eigenvalue weighted by molar-refractivity contribution is 0.0894. The minimum absolute atomic E-state index is 0.0738. The molecule has 0 unspecified atom stereocenters. The van der Waals surface area contributed by atoms with Crippen LogP contribution in [-0.2, 0) is 0 Å². The van der Waals surface area contributed by atoms with Gasteiger partial charge in [0.05, 0.1) is 25.5 Å². The third-order valence-corrected chi connectivity index (χ3v) is 5.27. The van der Waals surface area contributed by atoms with Crippen LogP contribution in [0.3, 0.4) is 0 Å². The highest BCUT2D eigenvalue weighted by molar-refractivity contribution is 5.93. The minimum atomic E-state index is -0.127. The summed E-state index contributed by atoms with van der Waals surface area (Å²) in [5, 5.41) is 3.21. The van der Waals surface area contributed by atoms with Crippen LogP contribution < -0.4 is 10.1 Å². The quantitative estimate of drug-likeness (QED) is 0.907. The Morgan fingerprint density at radius 3 is 2.80 bits per heavy atom. The van der Waals surface area contributed by atoms with Crippen molar-refractivity contribution in [3.05, 3.63) is 53.5 Å². The molecule has 1 amide bonds. The molecule has 132 valence electrons. The number of likely N-dealkylation sites (tertiary alicyclic amines) is 1. The van der Waals surface area contributed by atoms with Crippen LogP contribution in [0.15, 0.2) is 41.0 Å². The van der Waals surface area contributed by atoms with E-state index in [1.54, 1.807) is 13.4 Å². The van der Waals surface area contributed by atoms with Gasteiger partial charge in [0.25, 0.3) is 5.91 Å². The fraction of sp³-hybridized carbons (Fsp3) is 0.450. The molecule has 5 nitrogen and oxygen atoms in total. The van der Waals surface area contributed by atoms with Crippen LogP contribution in [-0.4, -0.2) is 36.5 Å². The maximum Gasteiger partial charge on any atom is 0.287 e. The highest BCUT2D eigenvalue weighted by Gasteiger charge is 2.43. The summed E-state index contributed by atoms with van der Waals surface area (Å²) in [6, 6.07) is 10.9. The van der Waals surface area contributed by atoms with E-state index in [-0.39, 0.29) is 18.0 Å². The standard InChI is InChI=1S/C20H24N2O3/c1-13-9-11-25-19(13)20(23)21-17-8-10-22(15-6-7-15)18(17)14-4-3-5-16(12-14)24-2/h3-5,9,11-12,15,17-18H,6-8,10H2,1-2H3,(H,21,23)/t17-,18-/m0/s1. The number of carbonyl (C=O) groups is 1. The highest BCUT2D eigenvalue weighted by atomic mass is 16.5. The predicted molar refractivity (Wildman–Crippen MR) is 94.8 cm³/mol. The molecule has 2 fully saturated rings. The SMILES string of the molecule is COc1cccc([C@H]2[C@@H](NC(=O)c3occc3C)CCN2C2CC2)c1. The molecule has 2 aromatic rings. The van der Waals surface area contributed by atoms with Crippen molar-refractivity contribution in [2.75, 3.05) is 13.7 Å². The van der Waals surface area contributed by atoms with E-state index in [1.165, 1.54) is 18.4 Å². The Hall–Kier alpha value is -2.27. The Bertz CT molecular complexity index is 766. The Morgan fingerprint density at radius 2 is 2.12 bits per heavy atom. The van der Waals surface area contributed by atoms with E-state index in [4.69, 9.17) is 9.15 Å². The van der Waals surface area contributed by atoms with Crippen molar-refractivity contribution in [1.82, 2.24) is 10.2 Å². The third kappa shape index (κ3) is 3.16. The van der Waals surface area contributed by atoms with Crippen LogP contribution in [0.5, 0.6) is 5.75 Å². The number of furan rings is 1. The fourth-order valence-corrected chi connectivity index (χ4v) is 3.87. The average molecular weight is 340 g/mol. The van der Waals surface area contributed by atoms with Gasteiger partial charge < -0.3 is 14.5 Å². The molecule has 2 heterocycles. The molecular formula is C20H24N2O3. The van der Waals surface area contributed by atoms with E-state index in [0.29, 0.717) is 11.8 Å². The van der Waals surface area contributed by atoms with Crippen molar-refractivity contribution in [3.63, 3.8) is 0 Å². The summed E-state index contributed by atoms with van der Waals surface area (Å²) in [5.74, 6) is 1.14. The molecule has 4 rings (SSSR count). The molecule has 1 aromatic carbocycles. The van der Waals surface area contributed by atoms with E-state index < -0.39 is 0 Å². The second-order valence-corrected chi connectivity index (χ2v) is 6.99. The van der Waals surface area contributed by atoms with Crippen LogP contribution in [0.25, 0.3) is 0 Å². The number of nitrogens with one attached hydrogen (secondary N) is 1. The monoisotopic (exact) mass is 340 g/mol. The number of hydrogen-bond acceptors (Lipinski definition) is 4. The van der Waals surface area contributed by atoms with Gasteiger partial charge in [-0.05, 0) is 49.9 Å². The molecule has 0 bridgehead atoms. The summed E-state index contributed by atoms with van der Waals surface area (Å²) in [4.78, 5) is 15.2. The number of rotatable bonds is 5. The van der Waals surface area contributed by atoms with Gasteiger partial charge in [-0.2, -0.15) is 0 Å². The number of hydrogen-bond donors (Lipinski definition) is 1. The molecule has 1 aliphatic heterocycles. The molecule has 1 aromatic heterocycles. The molecule has 1 aliphatic carbocycles. The van der Waals surface area contributed by atoms with Crippen molar-refractivity contribution >= 4 is 5.91 Å². The van der Waals surface area contributed by atoms with Gasteiger partial charge in [0.15, 0.2) is 5.76 Å². The average Bonchev–Trinajstić information content (AvgIpc) is 3.25. The van der Waals surface area contributed by atoms with Crippen molar-refractivity contribution in [1.29, 1.82) is 0 Å². The van der Waals surface area contributed by atoms with E-state index in [9.17, 15) is 4.79 Å². The summed E-state index contributed by atoms with van der Waals surface area (Å²) in [6.45, 7) is 2.90. The third-order valence-electron chi connectivity index (χ3n) is 5.27. The first-order chi connectivity index (χ1) is 12.2. The maximum absolute atomic E-state index is 12.6. The number of methoxy groups -OCH3 is 1. The number of aryl methyl sites for hydroxylation is 1. The maximum atomic E-state index is 12.6. The summed E-state index contributed by atoms with van der Waals surface area (Å²) >= 11 is 0. The second-order valence-electron chi connectivity index (χ2n) is 6.99. The Labute approximate surface area is 148 Å². The molecule has 5 heteroatoms. The van der Waals surface area contributed by atoms with Crippen LogP contribution >= 0.6 is 0 Å². The number of nitrogens with zero attached hydrogens (tertiary/aromatic N) is 1. The van der Waals surface area contributed by atoms with Crippen molar-refractivity contribution < 1.29 is 13.9 Å². The van der Waals surface area contributed by atoms with Gasteiger partial charge in [-0.1, -0.05) is 12.1 Å². The Morgan fingerprint density at radius 1 is 1.28 bits per heavy atom. The first-order valence-electron chi connectivity index (χ1n) is 8.92. The van der Waals surface area contributed by atoms with Crippen molar-refractivity contribution in [2.24, 2.45) is 0 Å². The molecule has 1 saturated carbocycles. The largest absolute Gasteiger partial charge is 0.497 e. The predicted octanol–water partition coefficient (Wildman–Crippen LogP) is 3.30. The smallest absolute Gasteiger partial charge is 0.287 e. The van der Waals surface area contributed by atoms with Gasteiger partial charge in [0.2, 0.25) is 0 Å². The van der Waals surface area contributed by atoms with Gasteiger partial charge in [-0.15, -0.1) is 0 Å². The highest BCUT2D eigenvalue weighted by Crippen LogP contribution is 2.41. The van der Waals surface area contributed by atoms with Crippen LogP contribution in [0.1, 0.15) is 47.0 Å². The number of benzene rings is 1. The first-order valence-corrected chi connectivity index (χ1v) is 8.92. The molecule has 1 N–H and O–H groups in total. The van der Waals surface area contributed by atoms with E-state index in [1.807, 2.05) is 25.1 Å². The molecule has 2 aliphatic rings. The van der Waals surface area contributed by atoms with E-state index >= 15 is 0 Å². The van der Waals surface area contributed by atoms with E-state index in [2.05, 4.69) is 22.3 Å². The van der Waals surface area contributed by atoms with Crippen LogP contribution in [0.2, 0.25) is 0 Å². The minimum Gasteiger partial charge on any atom is -0.497 e. The zero-order chi connectivity index (χ0) is 17.4. The molecule has 0 spiro atoms. The summed E-state index contributed by atoms with van der Waals surface area (Å²) in [5.41, 5.74) is 2.07. The molecule has 0 radical (unpaired) electrons. The van der Waals surface area contributed by atoms with Crippen LogP contribution in [0, 0.1) is 6.92 Å². The molecule has 1 saturated heterocycles. The normalized spacial score (nSPS) is 23.6. The summed E-state index contributed by atoms with van der Waals surface area (Å²) in [6.07, 6.45) is 5.01. The second kappa shape index (κ2) is 6.56. The van der Waals surface area contributed by atoms with Gasteiger partial charge in [0, 0.05) is 18.2 Å². The lowest BCUT2D eigenvalue weighted by Crippen LogP contribution is -2.40. The number of carbonyl (C=O) groups excluding carboxylic acids is 1. The summed E-state index contributed by atoms with van der Waals surface area (Å²) < 4.78 is 10.8. The van der Waals surface area contributed by atoms with Gasteiger partial charge >= 0.3 is 0 Å². The summed E-state index contributed by atoms with van der Waals surface area (Å²) in [7, 11) is 1.69. The molecule has 2 atom stereocenters. The van der Waals surface area contributed by atoms with Gasteiger partial charge in [-0.25, -0.2) is 0 Å². The molecular weight excluding hydrogens is 316 g/mol. The number of amides is 1. The van der Waals surface area contributed by atoms with Crippen molar-refractivity contribution in [3.8, 4) is 5.75 Å². The van der Waals surface area contributed by atoms with Crippen molar-refractivity contribution in [2.45, 2.75) is 44.3 Å². The zero-order valence-corrected chi connectivity index (χ0v) is 14.7. The van der Waals surface area contributed by atoms with Crippen LogP contribution in [0.4, 0.5) is 0 Å². The van der Waals surface area contributed by atoms with Gasteiger partial charge in [0.1, 0.15) is 5.75 Å². The Kier molecular flexibility index (Phi) is 4.25. The first kappa shape index (κ1) is 16.2. The zero-order valence-electron chi connectivity index (χ0n) is 14.7. The fourth-order valence-electron chi connectivity index (χ4n) is 3.87.